The van der Waals surface area contributed by atoms with Gasteiger partial charge in [0, 0.05) is 24.6 Å². The van der Waals surface area contributed by atoms with Crippen LogP contribution in [0.4, 0.5) is 5.82 Å². The standard InChI is InChI=1S/C24H26N6OS/c1-16(2)23-26-27-24(29(23)4)32-15-22(31)25-21-14-20(18-12-10-17(3)11-13-18)28-30(21)19-8-6-5-7-9-19/h5-14,16H,15H2,1-4H3,(H,25,31). The Morgan fingerprint density at radius 2 is 1.78 bits per heavy atom. The lowest BCUT2D eigenvalue weighted by Crippen LogP contribution is -2.17. The predicted octanol–water partition coefficient (Wildman–Crippen LogP) is 4.83. The molecule has 0 saturated carbocycles. The van der Waals surface area contributed by atoms with E-state index in [2.05, 4.69) is 48.4 Å². The van der Waals surface area contributed by atoms with Gasteiger partial charge in [0.25, 0.3) is 0 Å². The largest absolute Gasteiger partial charge is 0.310 e. The van der Waals surface area contributed by atoms with E-state index in [9.17, 15) is 4.79 Å². The zero-order valence-electron chi connectivity index (χ0n) is 18.6. The van der Waals surface area contributed by atoms with Gasteiger partial charge >= 0.3 is 0 Å². The topological polar surface area (TPSA) is 77.6 Å². The molecule has 0 unspecified atom stereocenters. The van der Waals surface area contributed by atoms with E-state index in [0.717, 1.165) is 27.9 Å². The fraction of sp³-hybridized carbons (Fsp3) is 0.250. The molecule has 32 heavy (non-hydrogen) atoms. The molecule has 2 aromatic carbocycles. The molecule has 1 amide bonds. The summed E-state index contributed by atoms with van der Waals surface area (Å²) in [6.45, 7) is 6.19. The minimum atomic E-state index is -0.128. The number of para-hydroxylation sites is 1. The van der Waals surface area contributed by atoms with Gasteiger partial charge in [0.1, 0.15) is 11.6 Å². The van der Waals surface area contributed by atoms with Gasteiger partial charge in [-0.15, -0.1) is 10.2 Å². The maximum atomic E-state index is 12.8. The zero-order valence-corrected chi connectivity index (χ0v) is 19.4. The van der Waals surface area contributed by atoms with E-state index < -0.39 is 0 Å². The number of hydrogen-bond donors (Lipinski definition) is 1. The summed E-state index contributed by atoms with van der Waals surface area (Å²) < 4.78 is 3.70. The van der Waals surface area contributed by atoms with E-state index in [4.69, 9.17) is 5.10 Å². The van der Waals surface area contributed by atoms with Gasteiger partial charge in [0.05, 0.1) is 17.1 Å². The van der Waals surface area contributed by atoms with Crippen molar-refractivity contribution in [3.8, 4) is 16.9 Å². The molecule has 2 aromatic heterocycles. The number of carbonyl (C=O) groups is 1. The van der Waals surface area contributed by atoms with E-state index in [0.29, 0.717) is 5.82 Å². The van der Waals surface area contributed by atoms with E-state index in [1.54, 1.807) is 4.68 Å². The highest BCUT2D eigenvalue weighted by Gasteiger charge is 2.16. The maximum Gasteiger partial charge on any atom is 0.236 e. The van der Waals surface area contributed by atoms with Crippen LogP contribution in [0.3, 0.4) is 0 Å². The van der Waals surface area contributed by atoms with E-state index in [1.807, 2.05) is 60.1 Å². The van der Waals surface area contributed by atoms with Crippen molar-refractivity contribution in [2.45, 2.75) is 31.8 Å². The monoisotopic (exact) mass is 446 g/mol. The first-order chi connectivity index (χ1) is 15.4. The zero-order chi connectivity index (χ0) is 22.7. The average Bonchev–Trinajstić information content (AvgIpc) is 3.37. The third-order valence-electron chi connectivity index (χ3n) is 5.04. The Kier molecular flexibility index (Phi) is 6.41. The Labute approximate surface area is 191 Å². The lowest BCUT2D eigenvalue weighted by molar-refractivity contribution is -0.113. The summed E-state index contributed by atoms with van der Waals surface area (Å²) in [6, 6.07) is 19.9. The number of amides is 1. The SMILES string of the molecule is Cc1ccc(-c2cc(NC(=O)CSc3nnc(C(C)C)n3C)n(-c3ccccc3)n2)cc1. The van der Waals surface area contributed by atoms with Gasteiger partial charge in [-0.3, -0.25) is 4.79 Å². The molecule has 8 heteroatoms. The molecule has 2 heterocycles. The van der Waals surface area contributed by atoms with Crippen LogP contribution in [0.5, 0.6) is 0 Å². The Hall–Kier alpha value is -3.39. The van der Waals surface area contributed by atoms with E-state index in [1.165, 1.54) is 17.3 Å². The fourth-order valence-electron chi connectivity index (χ4n) is 3.37. The quantitative estimate of drug-likeness (QED) is 0.412. The fourth-order valence-corrected chi connectivity index (χ4v) is 4.08. The molecule has 0 radical (unpaired) electrons. The lowest BCUT2D eigenvalue weighted by Gasteiger charge is -2.09. The van der Waals surface area contributed by atoms with Gasteiger partial charge in [-0.2, -0.15) is 5.10 Å². The summed E-state index contributed by atoms with van der Waals surface area (Å²) in [4.78, 5) is 12.8. The Morgan fingerprint density at radius 3 is 2.44 bits per heavy atom. The third-order valence-corrected chi connectivity index (χ3v) is 6.06. The normalized spacial score (nSPS) is 11.2. The van der Waals surface area contributed by atoms with Gasteiger partial charge in [-0.1, -0.05) is 73.6 Å². The molecule has 0 atom stereocenters. The van der Waals surface area contributed by atoms with Gasteiger partial charge in [-0.05, 0) is 19.1 Å². The van der Waals surface area contributed by atoms with Crippen molar-refractivity contribution in [3.05, 3.63) is 72.1 Å². The number of aromatic nitrogens is 5. The predicted molar refractivity (Wildman–Crippen MR) is 128 cm³/mol. The van der Waals surface area contributed by atoms with E-state index in [-0.39, 0.29) is 17.6 Å². The van der Waals surface area contributed by atoms with Gasteiger partial charge in [0.15, 0.2) is 5.16 Å². The molecular weight excluding hydrogens is 420 g/mol. The maximum absolute atomic E-state index is 12.8. The summed E-state index contributed by atoms with van der Waals surface area (Å²) in [5.74, 6) is 1.90. The van der Waals surface area contributed by atoms with Crippen LogP contribution in [0.25, 0.3) is 16.9 Å². The second-order valence-corrected chi connectivity index (χ2v) is 8.86. The molecule has 4 aromatic rings. The Bertz CT molecular complexity index is 1210. The molecule has 164 valence electrons. The van der Waals surface area contributed by atoms with Crippen molar-refractivity contribution in [1.82, 2.24) is 24.5 Å². The third kappa shape index (κ3) is 4.75. The first kappa shape index (κ1) is 21.8. The molecule has 0 spiro atoms. The van der Waals surface area contributed by atoms with Crippen LogP contribution in [0, 0.1) is 6.92 Å². The average molecular weight is 447 g/mol. The second kappa shape index (κ2) is 9.40. The number of rotatable bonds is 7. The highest BCUT2D eigenvalue weighted by molar-refractivity contribution is 7.99. The van der Waals surface area contributed by atoms with Gasteiger partial charge < -0.3 is 9.88 Å². The molecule has 4 rings (SSSR count). The van der Waals surface area contributed by atoms with Crippen molar-refractivity contribution >= 4 is 23.5 Å². The van der Waals surface area contributed by atoms with Crippen molar-refractivity contribution in [1.29, 1.82) is 0 Å². The lowest BCUT2D eigenvalue weighted by atomic mass is 10.1. The van der Waals surface area contributed by atoms with Gasteiger partial charge in [-0.25, -0.2) is 4.68 Å². The summed E-state index contributed by atoms with van der Waals surface area (Å²) in [6.07, 6.45) is 0. The van der Waals surface area contributed by atoms with Crippen LogP contribution in [0.2, 0.25) is 0 Å². The number of carbonyl (C=O) groups excluding carboxylic acids is 1. The first-order valence-corrected chi connectivity index (χ1v) is 11.5. The molecular formula is C24H26N6OS. The van der Waals surface area contributed by atoms with Crippen LogP contribution in [0.1, 0.15) is 31.2 Å². The molecule has 0 saturated heterocycles. The number of nitrogens with zero attached hydrogens (tertiary/aromatic N) is 5. The van der Waals surface area contributed by atoms with Crippen LogP contribution in [-0.4, -0.2) is 36.2 Å². The van der Waals surface area contributed by atoms with E-state index >= 15 is 0 Å². The Morgan fingerprint density at radius 1 is 1.06 bits per heavy atom. The number of aryl methyl sites for hydroxylation is 1. The highest BCUT2D eigenvalue weighted by atomic mass is 32.2. The van der Waals surface area contributed by atoms with Crippen molar-refractivity contribution in [2.75, 3.05) is 11.1 Å². The van der Waals surface area contributed by atoms with Crippen molar-refractivity contribution < 1.29 is 4.79 Å². The summed E-state index contributed by atoms with van der Waals surface area (Å²) in [5, 5.41) is 16.9. The molecule has 0 aliphatic carbocycles. The van der Waals surface area contributed by atoms with Crippen LogP contribution in [-0.2, 0) is 11.8 Å². The van der Waals surface area contributed by atoms with Crippen LogP contribution in [0.15, 0.2) is 65.8 Å². The number of benzene rings is 2. The van der Waals surface area contributed by atoms with Crippen LogP contribution < -0.4 is 5.32 Å². The summed E-state index contributed by atoms with van der Waals surface area (Å²) in [5.41, 5.74) is 3.86. The molecule has 0 aliphatic rings. The smallest absolute Gasteiger partial charge is 0.236 e. The molecule has 0 fully saturated rings. The Balaban J connectivity index is 1.55. The van der Waals surface area contributed by atoms with Crippen molar-refractivity contribution in [3.63, 3.8) is 0 Å². The summed E-state index contributed by atoms with van der Waals surface area (Å²) >= 11 is 1.37. The molecule has 0 bridgehead atoms. The molecule has 0 aliphatic heterocycles. The second-order valence-electron chi connectivity index (χ2n) is 7.92. The molecule has 1 N–H and O–H groups in total. The first-order valence-electron chi connectivity index (χ1n) is 10.5. The summed E-state index contributed by atoms with van der Waals surface area (Å²) in [7, 11) is 1.92. The van der Waals surface area contributed by atoms with Crippen LogP contribution >= 0.6 is 11.8 Å². The minimum Gasteiger partial charge on any atom is -0.310 e. The number of nitrogens with one attached hydrogen (secondary N) is 1. The van der Waals surface area contributed by atoms with Gasteiger partial charge in [0.2, 0.25) is 5.91 Å². The van der Waals surface area contributed by atoms with Crippen molar-refractivity contribution in [2.24, 2.45) is 7.05 Å². The highest BCUT2D eigenvalue weighted by Crippen LogP contribution is 2.26. The number of hydrogen-bond acceptors (Lipinski definition) is 5. The number of thioether (sulfide) groups is 1. The molecule has 7 nitrogen and oxygen atoms in total. The minimum absolute atomic E-state index is 0.128. The number of anilines is 1.